The highest BCUT2D eigenvalue weighted by Gasteiger charge is 2.30. The number of benzene rings is 1. The fraction of sp³-hybridized carbons (Fsp3) is 0.727. The summed E-state index contributed by atoms with van der Waals surface area (Å²) in [7, 11) is 0. The molecule has 0 bridgehead atoms. The molecule has 0 radical (unpaired) electrons. The Morgan fingerprint density at radius 1 is 0.786 bits per heavy atom. The van der Waals surface area contributed by atoms with E-state index in [0.717, 1.165) is 16.7 Å². The van der Waals surface area contributed by atoms with Crippen molar-refractivity contribution in [1.82, 2.24) is 5.32 Å². The maximum Gasteiger partial charge on any atom is 0.405 e. The third kappa shape index (κ3) is 19.2. The molecule has 1 rings (SSSR count). The van der Waals surface area contributed by atoms with Gasteiger partial charge in [-0.2, -0.15) is 0 Å². The number of hydrogen-bond donors (Lipinski definition) is 2. The van der Waals surface area contributed by atoms with E-state index in [2.05, 4.69) is 11.9 Å². The molecular weight excluding hydrogens is 538 g/mol. The van der Waals surface area contributed by atoms with Crippen molar-refractivity contribution in [3.05, 3.63) is 42.0 Å². The van der Waals surface area contributed by atoms with Crippen molar-refractivity contribution in [2.75, 3.05) is 0 Å². The van der Waals surface area contributed by atoms with Gasteiger partial charge in [-0.25, -0.2) is 34.1 Å². The standard InChI is InChI=1S/C20H42O6.C13H17NO2/c1-15(13-19(9,10)25-23-17(3,4)5)21-22-16(2)14-20(11,12)26-24-18(6,7)8;1-9(2)10-6-5-7-11(8-10)13(3,4)14-12(15)16/h15-16H,13-14H2,1-12H3;5-8,14H,1H2,2-4H3,(H,15,16). The van der Waals surface area contributed by atoms with Gasteiger partial charge in [0.1, 0.15) is 11.2 Å². The summed E-state index contributed by atoms with van der Waals surface area (Å²) < 4.78 is 0. The smallest absolute Gasteiger partial charge is 0.405 e. The van der Waals surface area contributed by atoms with Crippen molar-refractivity contribution in [2.45, 2.75) is 157 Å². The first-order valence-corrected chi connectivity index (χ1v) is 14.6. The van der Waals surface area contributed by atoms with Crippen molar-refractivity contribution in [2.24, 2.45) is 0 Å². The summed E-state index contributed by atoms with van der Waals surface area (Å²) in [6, 6.07) is 7.73. The number of carboxylic acid groups (broad SMARTS) is 1. The summed E-state index contributed by atoms with van der Waals surface area (Å²) in [5, 5.41) is 11.2. The average Bonchev–Trinajstić information content (AvgIpc) is 2.79. The molecule has 2 unspecified atom stereocenters. The number of carbonyl (C=O) groups is 1. The Bertz CT molecular complexity index is 935. The Hall–Kier alpha value is -2.01. The van der Waals surface area contributed by atoms with Crippen LogP contribution >= 0.6 is 0 Å². The molecule has 0 heterocycles. The van der Waals surface area contributed by atoms with Crippen molar-refractivity contribution in [3.8, 4) is 0 Å². The van der Waals surface area contributed by atoms with Crippen LogP contribution in [0.15, 0.2) is 30.8 Å². The summed E-state index contributed by atoms with van der Waals surface area (Å²) >= 11 is 0. The van der Waals surface area contributed by atoms with Gasteiger partial charge >= 0.3 is 6.09 Å². The van der Waals surface area contributed by atoms with Gasteiger partial charge in [-0.3, -0.25) is 0 Å². The number of allylic oxidation sites excluding steroid dienone is 1. The van der Waals surface area contributed by atoms with Gasteiger partial charge in [0.2, 0.25) is 0 Å². The van der Waals surface area contributed by atoms with Crippen LogP contribution in [-0.4, -0.2) is 45.8 Å². The van der Waals surface area contributed by atoms with Gasteiger partial charge < -0.3 is 10.4 Å². The Balaban J connectivity index is 0.000000893. The van der Waals surface area contributed by atoms with Crippen LogP contribution in [0.4, 0.5) is 4.79 Å². The number of amides is 1. The molecule has 1 amide bonds. The molecule has 0 aromatic heterocycles. The molecule has 0 aliphatic rings. The van der Waals surface area contributed by atoms with Crippen LogP contribution < -0.4 is 5.32 Å². The minimum absolute atomic E-state index is 0.147. The summed E-state index contributed by atoms with van der Waals surface area (Å²) in [6.45, 7) is 32.9. The second kappa shape index (κ2) is 16.2. The van der Waals surface area contributed by atoms with Gasteiger partial charge in [0, 0.05) is 12.8 Å². The number of rotatable bonds is 14. The van der Waals surface area contributed by atoms with Gasteiger partial charge in [0.15, 0.2) is 0 Å². The fourth-order valence-electron chi connectivity index (χ4n) is 3.70. The van der Waals surface area contributed by atoms with E-state index in [1.807, 2.05) is 128 Å². The van der Waals surface area contributed by atoms with E-state index < -0.39 is 22.8 Å². The van der Waals surface area contributed by atoms with Crippen LogP contribution in [0, 0.1) is 0 Å². The lowest BCUT2D eigenvalue weighted by Crippen LogP contribution is -2.40. The first-order valence-electron chi connectivity index (χ1n) is 14.6. The third-order valence-electron chi connectivity index (χ3n) is 5.47. The summed E-state index contributed by atoms with van der Waals surface area (Å²) in [5.74, 6) is 0. The van der Waals surface area contributed by atoms with Gasteiger partial charge in [0.05, 0.1) is 28.9 Å². The molecule has 244 valence electrons. The molecule has 0 fully saturated rings. The molecular formula is C33H59NO8. The lowest BCUT2D eigenvalue weighted by Gasteiger charge is -2.31. The molecule has 0 saturated heterocycles. The van der Waals surface area contributed by atoms with Crippen LogP contribution in [0.3, 0.4) is 0 Å². The van der Waals surface area contributed by atoms with E-state index in [9.17, 15) is 4.79 Å². The average molecular weight is 598 g/mol. The molecule has 0 spiro atoms. The number of nitrogens with one attached hydrogen (secondary N) is 1. The lowest BCUT2D eigenvalue weighted by molar-refractivity contribution is -0.417. The zero-order valence-electron chi connectivity index (χ0n) is 28.9. The largest absolute Gasteiger partial charge is 0.465 e. The second-order valence-corrected chi connectivity index (χ2v) is 14.7. The minimum atomic E-state index is -1.02. The molecule has 0 aliphatic carbocycles. The number of hydrogen-bond acceptors (Lipinski definition) is 7. The van der Waals surface area contributed by atoms with E-state index >= 15 is 0 Å². The third-order valence-corrected chi connectivity index (χ3v) is 5.47. The van der Waals surface area contributed by atoms with Crippen molar-refractivity contribution < 1.29 is 39.2 Å². The first-order chi connectivity index (χ1) is 18.7. The van der Waals surface area contributed by atoms with Crippen LogP contribution in [0.2, 0.25) is 0 Å². The highest BCUT2D eigenvalue weighted by atomic mass is 17.2. The zero-order valence-corrected chi connectivity index (χ0v) is 28.9. The molecule has 2 N–H and O–H groups in total. The minimum Gasteiger partial charge on any atom is -0.465 e. The molecule has 42 heavy (non-hydrogen) atoms. The summed E-state index contributed by atoms with van der Waals surface area (Å²) in [4.78, 5) is 43.7. The van der Waals surface area contributed by atoms with Gasteiger partial charge in [-0.15, -0.1) is 0 Å². The molecule has 0 saturated carbocycles. The lowest BCUT2D eigenvalue weighted by atomic mass is 9.92. The monoisotopic (exact) mass is 597 g/mol. The van der Waals surface area contributed by atoms with E-state index in [0.29, 0.717) is 12.8 Å². The van der Waals surface area contributed by atoms with E-state index in [-0.39, 0.29) is 23.4 Å². The predicted octanol–water partition coefficient (Wildman–Crippen LogP) is 8.76. The Kier molecular flexibility index (Phi) is 15.4. The second-order valence-electron chi connectivity index (χ2n) is 14.7. The zero-order chi connectivity index (χ0) is 33.2. The maximum atomic E-state index is 10.7. The van der Waals surface area contributed by atoms with Crippen molar-refractivity contribution in [3.63, 3.8) is 0 Å². The quantitative estimate of drug-likeness (QED) is 0.162. The van der Waals surface area contributed by atoms with E-state index in [1.165, 1.54) is 0 Å². The van der Waals surface area contributed by atoms with Crippen LogP contribution in [0.1, 0.15) is 128 Å². The van der Waals surface area contributed by atoms with Gasteiger partial charge in [-0.05, 0) is 121 Å². The normalized spacial score (nSPS) is 14.5. The molecule has 2 atom stereocenters. The molecule has 1 aromatic rings. The Labute approximate surface area is 255 Å². The molecule has 1 aromatic carbocycles. The highest BCUT2D eigenvalue weighted by Crippen LogP contribution is 2.26. The molecule has 9 heteroatoms. The molecule has 0 aliphatic heterocycles. The fourth-order valence-corrected chi connectivity index (χ4v) is 3.70. The first kappa shape index (κ1) is 40.0. The van der Waals surface area contributed by atoms with E-state index in [4.69, 9.17) is 34.4 Å². The van der Waals surface area contributed by atoms with Gasteiger partial charge in [0.25, 0.3) is 0 Å². The van der Waals surface area contributed by atoms with E-state index in [1.54, 1.807) is 0 Å². The SMILES string of the molecule is C=C(C)c1cccc(C(C)(C)NC(=O)O)c1.CC(CC(C)(C)OOC(C)(C)C)OOC(C)CC(C)(C)OOC(C)(C)C. The van der Waals surface area contributed by atoms with Crippen LogP contribution in [0.25, 0.3) is 5.57 Å². The highest BCUT2D eigenvalue weighted by molar-refractivity contribution is 5.67. The predicted molar refractivity (Wildman–Crippen MR) is 168 cm³/mol. The van der Waals surface area contributed by atoms with Crippen LogP contribution in [0.5, 0.6) is 0 Å². The Morgan fingerprint density at radius 2 is 1.19 bits per heavy atom. The van der Waals surface area contributed by atoms with Crippen molar-refractivity contribution in [1.29, 1.82) is 0 Å². The molecule has 9 nitrogen and oxygen atoms in total. The van der Waals surface area contributed by atoms with Gasteiger partial charge in [-0.1, -0.05) is 30.4 Å². The summed E-state index contributed by atoms with van der Waals surface area (Å²) in [6.07, 6.45) is -0.0615. The van der Waals surface area contributed by atoms with Crippen LogP contribution in [-0.2, 0) is 34.9 Å². The summed E-state index contributed by atoms with van der Waals surface area (Å²) in [5.41, 5.74) is 0.642. The maximum absolute atomic E-state index is 10.7. The Morgan fingerprint density at radius 3 is 1.52 bits per heavy atom. The topological polar surface area (TPSA) is 105 Å². The van der Waals surface area contributed by atoms with Crippen molar-refractivity contribution >= 4 is 11.7 Å².